The van der Waals surface area contributed by atoms with Crippen molar-refractivity contribution < 1.29 is 19.1 Å². The van der Waals surface area contributed by atoms with Crippen molar-refractivity contribution in [2.24, 2.45) is 0 Å². The molecule has 0 radical (unpaired) electrons. The fraction of sp³-hybridized carbons (Fsp3) is 0.467. The number of carbonyl (C=O) groups is 2. The van der Waals surface area contributed by atoms with Gasteiger partial charge in [0.15, 0.2) is 0 Å². The van der Waals surface area contributed by atoms with E-state index in [1.807, 2.05) is 13.0 Å². The number of nitrogens with one attached hydrogen (secondary N) is 1. The number of aryl methyl sites for hydroxylation is 1. The Morgan fingerprint density at radius 2 is 1.90 bits per heavy atom. The fourth-order valence-corrected chi connectivity index (χ4v) is 2.13. The van der Waals surface area contributed by atoms with Gasteiger partial charge in [0, 0.05) is 22.6 Å². The normalized spacial score (nSPS) is 11.0. The van der Waals surface area contributed by atoms with E-state index >= 15 is 0 Å². The highest BCUT2D eigenvalue weighted by atomic mass is 79.9. The van der Waals surface area contributed by atoms with Gasteiger partial charge in [-0.15, -0.1) is 0 Å². The molecule has 1 amide bonds. The summed E-state index contributed by atoms with van der Waals surface area (Å²) >= 11 is 3.41. The lowest BCUT2D eigenvalue weighted by Gasteiger charge is -2.20. The van der Waals surface area contributed by atoms with Crippen LogP contribution in [0.1, 0.15) is 38.8 Å². The van der Waals surface area contributed by atoms with E-state index in [1.165, 1.54) is 6.92 Å². The summed E-state index contributed by atoms with van der Waals surface area (Å²) in [5, 5.41) is 2.70. The topological polar surface area (TPSA) is 64.6 Å². The summed E-state index contributed by atoms with van der Waals surface area (Å²) in [5.41, 5.74) is 1.70. The fourth-order valence-electron chi connectivity index (χ4n) is 1.56. The number of anilines is 1. The number of halogens is 1. The second-order valence-electron chi connectivity index (χ2n) is 5.67. The van der Waals surface area contributed by atoms with Crippen LogP contribution in [0.25, 0.3) is 0 Å². The minimum absolute atomic E-state index is 0.138. The van der Waals surface area contributed by atoms with Crippen LogP contribution in [0.4, 0.5) is 10.5 Å². The molecule has 0 heterocycles. The minimum Gasteiger partial charge on any atom is -0.461 e. The van der Waals surface area contributed by atoms with Gasteiger partial charge in [-0.3, -0.25) is 10.1 Å². The Morgan fingerprint density at radius 3 is 2.43 bits per heavy atom. The van der Waals surface area contributed by atoms with Gasteiger partial charge in [0.2, 0.25) is 0 Å². The molecule has 1 aromatic carbocycles. The van der Waals surface area contributed by atoms with Gasteiger partial charge in [0.25, 0.3) is 0 Å². The van der Waals surface area contributed by atoms with Gasteiger partial charge in [-0.1, -0.05) is 15.9 Å². The average Bonchev–Trinajstić information content (AvgIpc) is 2.28. The van der Waals surface area contributed by atoms with E-state index in [0.29, 0.717) is 5.69 Å². The Hall–Kier alpha value is -1.56. The molecule has 0 atom stereocenters. The lowest BCUT2D eigenvalue weighted by molar-refractivity contribution is -0.142. The van der Waals surface area contributed by atoms with Gasteiger partial charge < -0.3 is 9.47 Å². The summed E-state index contributed by atoms with van der Waals surface area (Å²) in [6.07, 6.45) is -0.522. The van der Waals surface area contributed by atoms with Gasteiger partial charge in [-0.25, -0.2) is 4.79 Å². The minimum atomic E-state index is -0.562. The van der Waals surface area contributed by atoms with Crippen LogP contribution in [0.15, 0.2) is 16.6 Å². The van der Waals surface area contributed by atoms with Crippen molar-refractivity contribution in [1.82, 2.24) is 0 Å². The van der Waals surface area contributed by atoms with E-state index < -0.39 is 11.7 Å². The van der Waals surface area contributed by atoms with Crippen LogP contribution in [0.3, 0.4) is 0 Å². The van der Waals surface area contributed by atoms with Crippen LogP contribution in [0.2, 0.25) is 0 Å². The number of carbonyl (C=O) groups excluding carboxylic acids is 2. The number of hydrogen-bond donors (Lipinski definition) is 1. The molecule has 0 unspecified atom stereocenters. The molecule has 0 bridgehead atoms. The van der Waals surface area contributed by atoms with E-state index in [9.17, 15) is 9.59 Å². The van der Waals surface area contributed by atoms with Crippen molar-refractivity contribution in [3.8, 4) is 0 Å². The number of ether oxygens (including phenoxy) is 2. The van der Waals surface area contributed by atoms with Crippen molar-refractivity contribution in [1.29, 1.82) is 0 Å². The first-order chi connectivity index (χ1) is 9.58. The molecular weight excluding hydrogens is 338 g/mol. The summed E-state index contributed by atoms with van der Waals surface area (Å²) < 4.78 is 11.0. The molecule has 5 nitrogen and oxygen atoms in total. The molecule has 0 fully saturated rings. The van der Waals surface area contributed by atoms with Crippen molar-refractivity contribution >= 4 is 33.7 Å². The van der Waals surface area contributed by atoms with Crippen LogP contribution >= 0.6 is 15.9 Å². The largest absolute Gasteiger partial charge is 0.461 e. The van der Waals surface area contributed by atoms with Crippen LogP contribution in [-0.2, 0) is 20.9 Å². The van der Waals surface area contributed by atoms with Gasteiger partial charge in [0.05, 0.1) is 0 Å². The lowest BCUT2D eigenvalue weighted by Crippen LogP contribution is -2.27. The average molecular weight is 358 g/mol. The first kappa shape index (κ1) is 17.5. The van der Waals surface area contributed by atoms with Crippen LogP contribution in [0.5, 0.6) is 0 Å². The molecule has 21 heavy (non-hydrogen) atoms. The molecule has 0 saturated heterocycles. The first-order valence-corrected chi connectivity index (χ1v) is 7.30. The van der Waals surface area contributed by atoms with Gasteiger partial charge >= 0.3 is 12.1 Å². The summed E-state index contributed by atoms with van der Waals surface area (Å²) in [6, 6.07) is 3.61. The van der Waals surface area contributed by atoms with E-state index in [2.05, 4.69) is 21.2 Å². The SMILES string of the molecule is CC(=O)OCc1cc(NC(=O)OC(C)(C)C)c(C)cc1Br. The number of rotatable bonds is 3. The van der Waals surface area contributed by atoms with Crippen molar-refractivity contribution in [2.75, 3.05) is 5.32 Å². The Bertz CT molecular complexity index is 549. The smallest absolute Gasteiger partial charge is 0.412 e. The van der Waals surface area contributed by atoms with Crippen LogP contribution in [0, 0.1) is 6.92 Å². The second-order valence-corrected chi connectivity index (χ2v) is 6.52. The highest BCUT2D eigenvalue weighted by Crippen LogP contribution is 2.26. The third kappa shape index (κ3) is 6.16. The molecule has 0 aliphatic heterocycles. The van der Waals surface area contributed by atoms with Crippen molar-refractivity contribution in [2.45, 2.75) is 46.8 Å². The standard InChI is InChI=1S/C15H20BrNO4/c1-9-6-12(16)11(8-20-10(2)18)7-13(9)17-14(19)21-15(3,4)5/h6-7H,8H2,1-5H3,(H,17,19). The molecular formula is C15H20BrNO4. The first-order valence-electron chi connectivity index (χ1n) is 6.51. The molecule has 0 aliphatic carbocycles. The molecule has 1 aromatic rings. The van der Waals surface area contributed by atoms with E-state index in [-0.39, 0.29) is 12.6 Å². The third-order valence-electron chi connectivity index (χ3n) is 2.46. The monoisotopic (exact) mass is 357 g/mol. The quantitative estimate of drug-likeness (QED) is 0.824. The summed E-state index contributed by atoms with van der Waals surface area (Å²) in [4.78, 5) is 22.7. The maximum atomic E-state index is 11.8. The van der Waals surface area contributed by atoms with Crippen molar-refractivity contribution in [3.05, 3.63) is 27.7 Å². The zero-order chi connectivity index (χ0) is 16.2. The Balaban J connectivity index is 2.89. The molecule has 116 valence electrons. The predicted octanol–water partition coefficient (Wildman–Crippen LogP) is 4.17. The highest BCUT2D eigenvalue weighted by Gasteiger charge is 2.17. The van der Waals surface area contributed by atoms with Gasteiger partial charge in [0.1, 0.15) is 12.2 Å². The van der Waals surface area contributed by atoms with Crippen LogP contribution < -0.4 is 5.32 Å². The van der Waals surface area contributed by atoms with Crippen molar-refractivity contribution in [3.63, 3.8) is 0 Å². The number of hydrogen-bond acceptors (Lipinski definition) is 4. The third-order valence-corrected chi connectivity index (χ3v) is 3.20. The maximum absolute atomic E-state index is 11.8. The van der Waals surface area contributed by atoms with E-state index in [1.54, 1.807) is 26.8 Å². The van der Waals surface area contributed by atoms with Gasteiger partial charge in [-0.2, -0.15) is 0 Å². The molecule has 1 rings (SSSR count). The van der Waals surface area contributed by atoms with E-state index in [0.717, 1.165) is 15.6 Å². The molecule has 0 aromatic heterocycles. The Labute approximate surface area is 133 Å². The number of benzene rings is 1. The second kappa shape index (κ2) is 6.93. The van der Waals surface area contributed by atoms with E-state index in [4.69, 9.17) is 9.47 Å². The maximum Gasteiger partial charge on any atom is 0.412 e. The molecule has 6 heteroatoms. The van der Waals surface area contributed by atoms with Crippen LogP contribution in [-0.4, -0.2) is 17.7 Å². The molecule has 0 spiro atoms. The highest BCUT2D eigenvalue weighted by molar-refractivity contribution is 9.10. The summed E-state index contributed by atoms with van der Waals surface area (Å²) in [5.74, 6) is -0.357. The number of esters is 1. The lowest BCUT2D eigenvalue weighted by atomic mass is 10.1. The van der Waals surface area contributed by atoms with Gasteiger partial charge in [-0.05, 0) is 45.4 Å². The predicted molar refractivity (Wildman–Crippen MR) is 84.2 cm³/mol. The molecule has 1 N–H and O–H groups in total. The zero-order valence-electron chi connectivity index (χ0n) is 12.9. The molecule has 0 saturated carbocycles. The molecule has 0 aliphatic rings. The summed E-state index contributed by atoms with van der Waals surface area (Å²) in [7, 11) is 0. The Morgan fingerprint density at radius 1 is 1.29 bits per heavy atom. The Kier molecular flexibility index (Phi) is 5.78. The zero-order valence-corrected chi connectivity index (χ0v) is 14.5. The number of amides is 1. The summed E-state index contributed by atoms with van der Waals surface area (Å²) in [6.45, 7) is 8.75.